The average Bonchev–Trinajstić information content (AvgIpc) is 3.00. The summed E-state index contributed by atoms with van der Waals surface area (Å²) in [6.45, 7) is 15.7. The standard InChI is InChI=1S/C30H50O6S4Si2/c1-7-31-41(32-8-2,33-9-3)25-23-29(27-19-15-13-16-20-27)37-39-40-38-30(28-21-17-14-18-22-28)24-26-42(34-10-4,35-11-5)36-12-6/h13-22,29-30H,7-12,23-26H2,1-6H3. The summed E-state index contributed by atoms with van der Waals surface area (Å²) >= 11 is 0. The molecule has 0 aliphatic carbocycles. The van der Waals surface area contributed by atoms with Crippen LogP contribution in [0.3, 0.4) is 0 Å². The van der Waals surface area contributed by atoms with Gasteiger partial charge in [-0.2, -0.15) is 0 Å². The number of hydrogen-bond donors (Lipinski definition) is 0. The molecule has 0 spiro atoms. The van der Waals surface area contributed by atoms with Crippen molar-refractivity contribution in [3.05, 3.63) is 71.8 Å². The van der Waals surface area contributed by atoms with Gasteiger partial charge in [-0.25, -0.2) is 0 Å². The molecule has 2 aromatic rings. The Morgan fingerprint density at radius 2 is 0.762 bits per heavy atom. The maximum absolute atomic E-state index is 6.15. The zero-order valence-corrected chi connectivity index (χ0v) is 31.3. The smallest absolute Gasteiger partial charge is 0.374 e. The van der Waals surface area contributed by atoms with Gasteiger partial charge in [0.15, 0.2) is 0 Å². The van der Waals surface area contributed by atoms with Crippen molar-refractivity contribution >= 4 is 58.8 Å². The first-order valence-corrected chi connectivity index (χ1v) is 23.9. The second-order valence-electron chi connectivity index (χ2n) is 9.17. The van der Waals surface area contributed by atoms with E-state index in [1.54, 1.807) is 0 Å². The molecule has 2 rings (SSSR count). The Kier molecular flexibility index (Phi) is 20.5. The molecule has 2 atom stereocenters. The minimum atomic E-state index is -2.72. The molecule has 0 aliphatic heterocycles. The fourth-order valence-corrected chi connectivity index (χ4v) is 17.6. The van der Waals surface area contributed by atoms with Crippen molar-refractivity contribution in [2.45, 2.75) is 77.0 Å². The predicted octanol–water partition coefficient (Wildman–Crippen LogP) is 10.0. The van der Waals surface area contributed by atoms with Gasteiger partial charge in [0.2, 0.25) is 0 Å². The van der Waals surface area contributed by atoms with E-state index >= 15 is 0 Å². The number of hydrogen-bond acceptors (Lipinski definition) is 10. The molecule has 0 heterocycles. The fraction of sp³-hybridized carbons (Fsp3) is 0.600. The van der Waals surface area contributed by atoms with Gasteiger partial charge >= 0.3 is 17.6 Å². The van der Waals surface area contributed by atoms with E-state index < -0.39 is 17.6 Å². The van der Waals surface area contributed by atoms with Crippen LogP contribution < -0.4 is 0 Å². The first kappa shape index (κ1) is 38.2. The van der Waals surface area contributed by atoms with Crippen LogP contribution in [0.1, 0.15) is 76.0 Å². The minimum absolute atomic E-state index is 0.293. The first-order chi connectivity index (χ1) is 20.5. The van der Waals surface area contributed by atoms with Crippen LogP contribution in [0.25, 0.3) is 0 Å². The van der Waals surface area contributed by atoms with Crippen LogP contribution in [0.4, 0.5) is 0 Å². The van der Waals surface area contributed by atoms with Crippen molar-refractivity contribution in [2.24, 2.45) is 0 Å². The third kappa shape index (κ3) is 13.6. The summed E-state index contributed by atoms with van der Waals surface area (Å²) in [5.41, 5.74) is 2.63. The van der Waals surface area contributed by atoms with Crippen molar-refractivity contribution in [3.8, 4) is 0 Å². The fourth-order valence-electron chi connectivity index (χ4n) is 4.62. The predicted molar refractivity (Wildman–Crippen MR) is 189 cm³/mol. The third-order valence-corrected chi connectivity index (χ3v) is 19.6. The van der Waals surface area contributed by atoms with Gasteiger partial charge in [0.05, 0.1) is 0 Å². The summed E-state index contributed by atoms with van der Waals surface area (Å²) in [7, 11) is 2.06. The lowest BCUT2D eigenvalue weighted by Crippen LogP contribution is -2.46. The van der Waals surface area contributed by atoms with E-state index in [4.69, 9.17) is 26.6 Å². The van der Waals surface area contributed by atoms with Crippen LogP contribution in [0, 0.1) is 0 Å². The van der Waals surface area contributed by atoms with E-state index in [2.05, 4.69) is 60.7 Å². The van der Waals surface area contributed by atoms with Crippen LogP contribution >= 0.6 is 41.2 Å². The maximum atomic E-state index is 6.15. The molecule has 0 N–H and O–H groups in total. The van der Waals surface area contributed by atoms with Crippen molar-refractivity contribution in [1.29, 1.82) is 0 Å². The van der Waals surface area contributed by atoms with Gasteiger partial charge in [-0.1, -0.05) is 82.3 Å². The van der Waals surface area contributed by atoms with E-state index in [1.165, 1.54) is 11.1 Å². The monoisotopic (exact) mass is 690 g/mol. The molecule has 0 saturated heterocycles. The van der Waals surface area contributed by atoms with Crippen LogP contribution in [0.5, 0.6) is 0 Å². The molecular weight excluding hydrogens is 641 g/mol. The zero-order chi connectivity index (χ0) is 30.5. The van der Waals surface area contributed by atoms with Crippen molar-refractivity contribution in [2.75, 3.05) is 39.6 Å². The van der Waals surface area contributed by atoms with Gasteiger partial charge in [0.25, 0.3) is 0 Å². The Balaban J connectivity index is 2.10. The Morgan fingerprint density at radius 3 is 1.02 bits per heavy atom. The summed E-state index contributed by atoms with van der Waals surface area (Å²) < 4.78 is 36.9. The van der Waals surface area contributed by atoms with Gasteiger partial charge in [0, 0.05) is 62.2 Å². The highest BCUT2D eigenvalue weighted by Gasteiger charge is 2.42. The lowest BCUT2D eigenvalue weighted by Gasteiger charge is -2.30. The van der Waals surface area contributed by atoms with Crippen LogP contribution in [-0.2, 0) is 26.6 Å². The topological polar surface area (TPSA) is 55.4 Å². The van der Waals surface area contributed by atoms with E-state index in [0.717, 1.165) is 24.9 Å². The highest BCUT2D eigenvalue weighted by Crippen LogP contribution is 2.55. The molecule has 6 nitrogen and oxygen atoms in total. The SMILES string of the molecule is CCO[Si](CCC(SSSSC(CC[Si](OCC)(OCC)OCC)c1ccccc1)c1ccccc1)(OCC)OCC. The maximum Gasteiger partial charge on any atom is 0.500 e. The summed E-state index contributed by atoms with van der Waals surface area (Å²) in [4.78, 5) is 0. The van der Waals surface area contributed by atoms with E-state index in [0.29, 0.717) is 50.1 Å². The summed E-state index contributed by atoms with van der Waals surface area (Å²) in [6, 6.07) is 23.1. The quantitative estimate of drug-likeness (QED) is 0.0572. The average molecular weight is 691 g/mol. The second-order valence-corrected chi connectivity index (χ2v) is 20.8. The molecule has 0 radical (unpaired) electrons. The molecule has 42 heavy (non-hydrogen) atoms. The zero-order valence-electron chi connectivity index (χ0n) is 26.1. The van der Waals surface area contributed by atoms with Crippen molar-refractivity contribution in [1.82, 2.24) is 0 Å². The van der Waals surface area contributed by atoms with Crippen molar-refractivity contribution in [3.63, 3.8) is 0 Å². The molecule has 0 bridgehead atoms. The molecule has 0 amide bonds. The van der Waals surface area contributed by atoms with Gasteiger partial charge in [-0.15, -0.1) is 0 Å². The second kappa shape index (κ2) is 22.5. The van der Waals surface area contributed by atoms with Gasteiger partial charge in [-0.05, 0) is 85.2 Å². The lowest BCUT2D eigenvalue weighted by molar-refractivity contribution is 0.0700. The Hall–Kier alpha value is 0.0338. The third-order valence-electron chi connectivity index (χ3n) is 6.29. The molecule has 0 saturated carbocycles. The lowest BCUT2D eigenvalue weighted by atomic mass is 10.1. The molecule has 12 heteroatoms. The minimum Gasteiger partial charge on any atom is -0.374 e. The van der Waals surface area contributed by atoms with Crippen LogP contribution in [0.2, 0.25) is 12.1 Å². The van der Waals surface area contributed by atoms with Crippen molar-refractivity contribution < 1.29 is 26.6 Å². The largest absolute Gasteiger partial charge is 0.500 e. The van der Waals surface area contributed by atoms with Crippen LogP contribution in [-0.4, -0.2) is 57.3 Å². The van der Waals surface area contributed by atoms with E-state index in [1.807, 2.05) is 82.8 Å². The van der Waals surface area contributed by atoms with E-state index in [-0.39, 0.29) is 0 Å². The van der Waals surface area contributed by atoms with Gasteiger partial charge < -0.3 is 26.6 Å². The molecule has 0 fully saturated rings. The Labute approximate surface area is 272 Å². The molecule has 0 aliphatic rings. The highest BCUT2D eigenvalue weighted by atomic mass is 33.7. The molecule has 2 unspecified atom stereocenters. The Bertz CT molecular complexity index is 825. The highest BCUT2D eigenvalue weighted by molar-refractivity contribution is 9.26. The van der Waals surface area contributed by atoms with E-state index in [9.17, 15) is 0 Å². The molecule has 2 aromatic carbocycles. The summed E-state index contributed by atoms with van der Waals surface area (Å²) in [6.07, 6.45) is 1.85. The summed E-state index contributed by atoms with van der Waals surface area (Å²) in [5, 5.41) is 0.586. The first-order valence-electron chi connectivity index (χ1n) is 15.1. The number of rotatable bonds is 25. The molecular formula is C30H50O6S4Si2. The normalized spacial score (nSPS) is 13.8. The van der Waals surface area contributed by atoms with Gasteiger partial charge in [0.1, 0.15) is 0 Å². The van der Waals surface area contributed by atoms with Gasteiger partial charge in [-0.3, -0.25) is 0 Å². The molecule has 0 aromatic heterocycles. The van der Waals surface area contributed by atoms with Crippen LogP contribution in [0.15, 0.2) is 60.7 Å². The Morgan fingerprint density at radius 1 is 0.476 bits per heavy atom. The number of benzene rings is 2. The summed E-state index contributed by atoms with van der Waals surface area (Å²) in [5.74, 6) is 0. The molecule has 238 valence electrons.